The first kappa shape index (κ1) is 12.1. The van der Waals surface area contributed by atoms with E-state index in [2.05, 4.69) is 0 Å². The van der Waals surface area contributed by atoms with E-state index in [0.717, 1.165) is 5.56 Å². The van der Waals surface area contributed by atoms with Crippen molar-refractivity contribution in [3.8, 4) is 0 Å². The molecule has 0 saturated carbocycles. The molecule has 0 aliphatic carbocycles. The Bertz CT molecular complexity index is 393. The third-order valence-corrected chi connectivity index (χ3v) is 3.26. The summed E-state index contributed by atoms with van der Waals surface area (Å²) in [5.41, 5.74) is 0.204. The van der Waals surface area contributed by atoms with Crippen LogP contribution in [0.2, 0.25) is 0 Å². The lowest BCUT2D eigenvalue weighted by molar-refractivity contribution is -0.162. The number of carboxylic acid groups (broad SMARTS) is 1. The molecule has 1 heterocycles. The zero-order chi connectivity index (χ0) is 12.3. The van der Waals surface area contributed by atoms with Gasteiger partial charge in [-0.1, -0.05) is 30.3 Å². The van der Waals surface area contributed by atoms with Gasteiger partial charge in [0.1, 0.15) is 5.54 Å². The number of hydrogen-bond acceptors (Lipinski definition) is 3. The molecule has 1 aliphatic heterocycles. The molecule has 2 rings (SSSR count). The number of carbonyl (C=O) groups is 1. The van der Waals surface area contributed by atoms with Crippen molar-refractivity contribution in [1.29, 1.82) is 0 Å². The van der Waals surface area contributed by atoms with Crippen molar-refractivity contribution in [2.75, 3.05) is 19.8 Å². The van der Waals surface area contributed by atoms with Gasteiger partial charge in [0.05, 0.1) is 13.2 Å². The van der Waals surface area contributed by atoms with Crippen LogP contribution in [-0.4, -0.2) is 41.3 Å². The predicted octanol–water partition coefficient (Wildman–Crippen LogP) is 1.36. The molecule has 1 fully saturated rings. The third kappa shape index (κ3) is 2.48. The second-order valence-electron chi connectivity index (χ2n) is 4.54. The highest BCUT2D eigenvalue weighted by Gasteiger charge is 2.42. The van der Waals surface area contributed by atoms with Crippen molar-refractivity contribution in [2.24, 2.45) is 0 Å². The summed E-state index contributed by atoms with van der Waals surface area (Å²) in [5, 5.41) is 9.32. The molecule has 1 aromatic carbocycles. The molecule has 17 heavy (non-hydrogen) atoms. The van der Waals surface area contributed by atoms with Gasteiger partial charge in [-0.05, 0) is 12.5 Å². The average molecular weight is 235 g/mol. The van der Waals surface area contributed by atoms with Crippen LogP contribution in [-0.2, 0) is 16.1 Å². The lowest BCUT2D eigenvalue weighted by Gasteiger charge is -2.41. The lowest BCUT2D eigenvalue weighted by atomic mass is 9.99. The van der Waals surface area contributed by atoms with Crippen molar-refractivity contribution in [1.82, 2.24) is 4.90 Å². The number of rotatable bonds is 3. The fourth-order valence-corrected chi connectivity index (χ4v) is 2.04. The Kier molecular flexibility index (Phi) is 3.45. The highest BCUT2D eigenvalue weighted by Crippen LogP contribution is 2.22. The van der Waals surface area contributed by atoms with Crippen LogP contribution >= 0.6 is 0 Å². The van der Waals surface area contributed by atoms with Gasteiger partial charge < -0.3 is 9.84 Å². The third-order valence-electron chi connectivity index (χ3n) is 3.26. The number of hydrogen-bond donors (Lipinski definition) is 1. The highest BCUT2D eigenvalue weighted by molar-refractivity contribution is 5.78. The molecule has 4 nitrogen and oxygen atoms in total. The van der Waals surface area contributed by atoms with E-state index in [1.807, 2.05) is 35.2 Å². The molecule has 0 spiro atoms. The monoisotopic (exact) mass is 235 g/mol. The Morgan fingerprint density at radius 2 is 2.18 bits per heavy atom. The summed E-state index contributed by atoms with van der Waals surface area (Å²) in [5.74, 6) is -0.826. The molecular weight excluding hydrogens is 218 g/mol. The maximum atomic E-state index is 11.4. The molecule has 92 valence electrons. The summed E-state index contributed by atoms with van der Waals surface area (Å²) in [4.78, 5) is 13.3. The quantitative estimate of drug-likeness (QED) is 0.859. The molecule has 1 atom stereocenters. The van der Waals surface area contributed by atoms with Crippen LogP contribution < -0.4 is 0 Å². The van der Waals surface area contributed by atoms with Gasteiger partial charge in [-0.3, -0.25) is 9.69 Å². The zero-order valence-corrected chi connectivity index (χ0v) is 9.93. The SMILES string of the molecule is CC1(C(=O)O)COCCN1Cc1ccccc1. The highest BCUT2D eigenvalue weighted by atomic mass is 16.5. The van der Waals surface area contributed by atoms with Gasteiger partial charge in [-0.2, -0.15) is 0 Å². The molecule has 0 radical (unpaired) electrons. The first-order valence-electron chi connectivity index (χ1n) is 5.73. The molecule has 1 aliphatic rings. The summed E-state index contributed by atoms with van der Waals surface area (Å²) in [7, 11) is 0. The molecule has 1 N–H and O–H groups in total. The predicted molar refractivity (Wildman–Crippen MR) is 63.7 cm³/mol. The minimum atomic E-state index is -0.923. The Hall–Kier alpha value is -1.39. The van der Waals surface area contributed by atoms with Gasteiger partial charge in [-0.25, -0.2) is 0 Å². The Balaban J connectivity index is 2.15. The van der Waals surface area contributed by atoms with Crippen LogP contribution in [0.15, 0.2) is 30.3 Å². The molecule has 4 heteroatoms. The summed E-state index contributed by atoms with van der Waals surface area (Å²) in [6, 6.07) is 9.91. The zero-order valence-electron chi connectivity index (χ0n) is 9.93. The first-order chi connectivity index (χ1) is 8.13. The number of carboxylic acids is 1. The molecular formula is C13H17NO3. The summed E-state index contributed by atoms with van der Waals surface area (Å²) in [6.45, 7) is 3.85. The number of aliphatic carboxylic acids is 1. The van der Waals surface area contributed by atoms with Crippen molar-refractivity contribution in [3.05, 3.63) is 35.9 Å². The van der Waals surface area contributed by atoms with Crippen molar-refractivity contribution >= 4 is 5.97 Å². The van der Waals surface area contributed by atoms with E-state index in [1.54, 1.807) is 6.92 Å². The number of benzene rings is 1. The Morgan fingerprint density at radius 3 is 2.82 bits per heavy atom. The molecule has 0 amide bonds. The largest absolute Gasteiger partial charge is 0.480 e. The molecule has 0 aromatic heterocycles. The molecule has 1 aromatic rings. The van der Waals surface area contributed by atoms with E-state index < -0.39 is 11.5 Å². The van der Waals surface area contributed by atoms with Crippen LogP contribution in [0.25, 0.3) is 0 Å². The molecule has 0 bridgehead atoms. The topological polar surface area (TPSA) is 49.8 Å². The van der Waals surface area contributed by atoms with Gasteiger partial charge >= 0.3 is 5.97 Å². The fraction of sp³-hybridized carbons (Fsp3) is 0.462. The molecule has 1 unspecified atom stereocenters. The van der Waals surface area contributed by atoms with Crippen LogP contribution in [0.3, 0.4) is 0 Å². The van der Waals surface area contributed by atoms with E-state index >= 15 is 0 Å². The van der Waals surface area contributed by atoms with E-state index in [-0.39, 0.29) is 6.61 Å². The molecule has 1 saturated heterocycles. The van der Waals surface area contributed by atoms with Crippen molar-refractivity contribution in [3.63, 3.8) is 0 Å². The Morgan fingerprint density at radius 1 is 1.47 bits per heavy atom. The number of nitrogens with zero attached hydrogens (tertiary/aromatic N) is 1. The average Bonchev–Trinajstić information content (AvgIpc) is 2.33. The van der Waals surface area contributed by atoms with Gasteiger partial charge in [0.25, 0.3) is 0 Å². The number of ether oxygens (including phenoxy) is 1. The van der Waals surface area contributed by atoms with Gasteiger partial charge in [0.2, 0.25) is 0 Å². The normalized spacial score (nSPS) is 25.7. The van der Waals surface area contributed by atoms with Crippen LogP contribution in [0.1, 0.15) is 12.5 Å². The van der Waals surface area contributed by atoms with Crippen LogP contribution in [0.5, 0.6) is 0 Å². The second kappa shape index (κ2) is 4.85. The minimum absolute atomic E-state index is 0.245. The van der Waals surface area contributed by atoms with Crippen LogP contribution in [0, 0.1) is 0 Å². The minimum Gasteiger partial charge on any atom is -0.480 e. The van der Waals surface area contributed by atoms with E-state index in [4.69, 9.17) is 4.74 Å². The standard InChI is InChI=1S/C13H17NO3/c1-13(12(15)16)10-17-8-7-14(13)9-11-5-3-2-4-6-11/h2-6H,7-10H2,1H3,(H,15,16). The second-order valence-corrected chi connectivity index (χ2v) is 4.54. The Labute approximate surface area is 101 Å². The van der Waals surface area contributed by atoms with E-state index in [1.165, 1.54) is 0 Å². The number of morpholine rings is 1. The van der Waals surface area contributed by atoms with Crippen LogP contribution in [0.4, 0.5) is 0 Å². The summed E-state index contributed by atoms with van der Waals surface area (Å²) >= 11 is 0. The smallest absolute Gasteiger partial charge is 0.326 e. The first-order valence-corrected chi connectivity index (χ1v) is 5.73. The summed E-state index contributed by atoms with van der Waals surface area (Å²) in [6.07, 6.45) is 0. The van der Waals surface area contributed by atoms with E-state index in [9.17, 15) is 9.90 Å². The lowest BCUT2D eigenvalue weighted by Crippen LogP contribution is -2.59. The maximum absolute atomic E-state index is 11.4. The van der Waals surface area contributed by atoms with E-state index in [0.29, 0.717) is 19.7 Å². The van der Waals surface area contributed by atoms with Gasteiger partial charge in [0, 0.05) is 13.1 Å². The summed E-state index contributed by atoms with van der Waals surface area (Å²) < 4.78 is 5.29. The van der Waals surface area contributed by atoms with Gasteiger partial charge in [0.15, 0.2) is 0 Å². The van der Waals surface area contributed by atoms with Crippen molar-refractivity contribution in [2.45, 2.75) is 19.0 Å². The maximum Gasteiger partial charge on any atom is 0.326 e. The fourth-order valence-electron chi connectivity index (χ4n) is 2.04. The van der Waals surface area contributed by atoms with Gasteiger partial charge in [-0.15, -0.1) is 0 Å². The van der Waals surface area contributed by atoms with Crippen molar-refractivity contribution < 1.29 is 14.6 Å².